The zero-order chi connectivity index (χ0) is 61.2. The van der Waals surface area contributed by atoms with Gasteiger partial charge in [0.1, 0.15) is 0 Å². The number of carbonyl (C=O) groups is 4. The molecule has 12 heteroatoms. The Morgan fingerprint density at radius 2 is 0.605 bits per heavy atom. The number of imide groups is 2. The Balaban J connectivity index is 0.828. The van der Waals surface area contributed by atoms with Crippen LogP contribution < -0.4 is 10.6 Å². The first kappa shape index (κ1) is 71.0. The van der Waals surface area contributed by atoms with E-state index in [0.29, 0.717) is 33.8 Å². The van der Waals surface area contributed by atoms with Crippen molar-refractivity contribution in [1.29, 1.82) is 0 Å². The largest absolute Gasteiger partial charge is 0.384 e. The average molecular weight is 1220 g/mol. The molecule has 0 saturated heterocycles. The predicted octanol–water partition coefficient (Wildman–Crippen LogP) is 19.5. The van der Waals surface area contributed by atoms with E-state index in [0.717, 1.165) is 80.9 Å². The number of nitrogens with one attached hydrogen (secondary N) is 2. The predicted molar refractivity (Wildman–Crippen MR) is 373 cm³/mol. The van der Waals surface area contributed by atoms with Crippen molar-refractivity contribution in [1.82, 2.24) is 9.80 Å². The van der Waals surface area contributed by atoms with Gasteiger partial charge in [-0.25, -0.2) is 0 Å². The maximum Gasteiger partial charge on any atom is 0.261 e. The van der Waals surface area contributed by atoms with Gasteiger partial charge in [-0.2, -0.15) is 0 Å². The number of hydrogen-bond acceptors (Lipinski definition) is 8. The zero-order valence-electron chi connectivity index (χ0n) is 55.1. The van der Waals surface area contributed by atoms with Crippen LogP contribution in [0.3, 0.4) is 0 Å². The number of rotatable bonds is 51. The molecule has 6 rings (SSSR count). The second kappa shape index (κ2) is 39.8. The summed E-state index contributed by atoms with van der Waals surface area (Å²) in [6, 6.07) is 19.3. The van der Waals surface area contributed by atoms with Crippen LogP contribution in [0.15, 0.2) is 60.7 Å². The van der Waals surface area contributed by atoms with E-state index in [-0.39, 0.29) is 36.7 Å². The Morgan fingerprint density at radius 3 is 0.907 bits per heavy atom. The fourth-order valence-electron chi connectivity index (χ4n) is 13.2. The van der Waals surface area contributed by atoms with Crippen molar-refractivity contribution in [3.05, 3.63) is 82.9 Å². The molecule has 2 heterocycles. The van der Waals surface area contributed by atoms with E-state index < -0.39 is 0 Å². The molecule has 2 aliphatic heterocycles. The molecular formula is C74H118N6O4S2+2. The van der Waals surface area contributed by atoms with Crippen LogP contribution >= 0.6 is 21.6 Å². The number of nitrogens with zero attached hydrogens (tertiary/aromatic N) is 4. The van der Waals surface area contributed by atoms with Gasteiger partial charge in [-0.1, -0.05) is 239 Å². The molecular weight excluding hydrogens is 1100 g/mol. The van der Waals surface area contributed by atoms with Crippen LogP contribution in [-0.2, 0) is 0 Å². The van der Waals surface area contributed by atoms with Crippen LogP contribution in [0.5, 0.6) is 0 Å². The average Bonchev–Trinajstić information content (AvgIpc) is 0.882. The summed E-state index contributed by atoms with van der Waals surface area (Å²) in [5.74, 6) is -0.00982. The Kier molecular flexibility index (Phi) is 32.9. The number of hydrogen-bond donors (Lipinski definition) is 2. The quantitative estimate of drug-likeness (QED) is 0.0195. The minimum atomic E-state index is -0.265. The van der Waals surface area contributed by atoms with E-state index in [1.165, 1.54) is 228 Å². The van der Waals surface area contributed by atoms with E-state index in [2.05, 4.69) is 52.7 Å². The molecule has 4 aromatic rings. The van der Waals surface area contributed by atoms with Gasteiger partial charge in [0.15, 0.2) is 0 Å². The first-order chi connectivity index (χ1) is 41.9. The van der Waals surface area contributed by atoms with E-state index in [1.807, 2.05) is 60.7 Å². The van der Waals surface area contributed by atoms with Crippen molar-refractivity contribution in [3.8, 4) is 0 Å². The second-order valence-corrected chi connectivity index (χ2v) is 29.6. The third-order valence-corrected chi connectivity index (χ3v) is 21.0. The van der Waals surface area contributed by atoms with Gasteiger partial charge in [-0.3, -0.25) is 29.0 Å². The summed E-state index contributed by atoms with van der Waals surface area (Å²) in [4.78, 5) is 58.5. The molecule has 4 aromatic carbocycles. The van der Waals surface area contributed by atoms with Crippen LogP contribution in [0.4, 0.5) is 11.4 Å². The summed E-state index contributed by atoms with van der Waals surface area (Å²) in [6.45, 7) is 11.3. The van der Waals surface area contributed by atoms with Crippen molar-refractivity contribution in [2.24, 2.45) is 0 Å². The summed E-state index contributed by atoms with van der Waals surface area (Å²) in [5, 5.41) is 10.6. The normalized spacial score (nSPS) is 13.6. The molecule has 0 unspecified atom stereocenters. The first-order valence-electron chi connectivity index (χ1n) is 35.1. The third kappa shape index (κ3) is 23.7. The maximum absolute atomic E-state index is 13.9. The van der Waals surface area contributed by atoms with Gasteiger partial charge < -0.3 is 19.6 Å². The number of anilines is 2. The number of carbonyl (C=O) groups excluding carboxylic acids is 4. The molecule has 10 nitrogen and oxygen atoms in total. The number of quaternary nitrogens is 2. The van der Waals surface area contributed by atoms with Crippen LogP contribution in [-0.4, -0.2) is 134 Å². The molecule has 0 saturated carbocycles. The lowest BCUT2D eigenvalue weighted by atomic mass is 9.93. The molecule has 478 valence electrons. The summed E-state index contributed by atoms with van der Waals surface area (Å²) >= 11 is 0. The van der Waals surface area contributed by atoms with Gasteiger partial charge in [-0.15, -0.1) is 0 Å². The van der Waals surface area contributed by atoms with Crippen molar-refractivity contribution in [3.63, 3.8) is 0 Å². The Hall–Kier alpha value is -4.10. The van der Waals surface area contributed by atoms with Gasteiger partial charge in [-0.05, 0) is 62.1 Å². The van der Waals surface area contributed by atoms with Crippen molar-refractivity contribution in [2.45, 2.75) is 232 Å². The number of unbranched alkanes of at least 4 members (excludes halogenated alkanes) is 30. The molecule has 4 amide bonds. The zero-order valence-corrected chi connectivity index (χ0v) is 56.8. The van der Waals surface area contributed by atoms with Gasteiger partial charge in [0.05, 0.1) is 54.4 Å². The fraction of sp³-hybridized carbons (Fsp3) is 0.676. The minimum absolute atomic E-state index is 0.265. The summed E-state index contributed by atoms with van der Waals surface area (Å²) in [6.07, 6.45) is 46.6. The lowest BCUT2D eigenvalue weighted by molar-refractivity contribution is -0.890. The molecule has 0 atom stereocenters. The van der Waals surface area contributed by atoms with Crippen LogP contribution in [0.25, 0.3) is 21.5 Å². The van der Waals surface area contributed by atoms with E-state index in [4.69, 9.17) is 0 Å². The molecule has 0 aromatic heterocycles. The van der Waals surface area contributed by atoms with Gasteiger partial charge >= 0.3 is 0 Å². The monoisotopic (exact) mass is 1220 g/mol. The van der Waals surface area contributed by atoms with Crippen LogP contribution in [0.1, 0.15) is 274 Å². The molecule has 0 fully saturated rings. The lowest BCUT2D eigenvalue weighted by Crippen LogP contribution is -2.42. The summed E-state index contributed by atoms with van der Waals surface area (Å²) in [7, 11) is 12.5. The Bertz CT molecular complexity index is 2430. The van der Waals surface area contributed by atoms with Crippen molar-refractivity contribution in [2.75, 3.05) is 103 Å². The van der Waals surface area contributed by atoms with Crippen molar-refractivity contribution < 1.29 is 28.1 Å². The summed E-state index contributed by atoms with van der Waals surface area (Å²) in [5.41, 5.74) is 4.15. The van der Waals surface area contributed by atoms with E-state index >= 15 is 0 Å². The lowest BCUT2D eigenvalue weighted by Gasteiger charge is -2.30. The smallest absolute Gasteiger partial charge is 0.261 e. The molecule has 86 heavy (non-hydrogen) atoms. The van der Waals surface area contributed by atoms with E-state index in [9.17, 15) is 19.2 Å². The SMILES string of the molecule is CCCCCCCCCCCCCCCCCC[N+](C)(C)CCCNc1ccc2c3c(cccc13)C(=O)N(CCSSCCN1C(=O)c3cccc4c(NCCC[N+](C)(C)CCCCCCCCCCCCCCCCCC)ccc(c34)C1=O)C2=O. The highest BCUT2D eigenvalue weighted by molar-refractivity contribution is 8.76. The Morgan fingerprint density at radius 1 is 0.337 bits per heavy atom. The summed E-state index contributed by atoms with van der Waals surface area (Å²) < 4.78 is 2.03. The molecule has 0 radical (unpaired) electrons. The Labute approximate surface area is 530 Å². The third-order valence-electron chi connectivity index (χ3n) is 18.6. The van der Waals surface area contributed by atoms with Crippen LogP contribution in [0.2, 0.25) is 0 Å². The number of amides is 4. The first-order valence-corrected chi connectivity index (χ1v) is 37.6. The van der Waals surface area contributed by atoms with Gasteiger partial charge in [0, 0.05) is 106 Å². The standard InChI is InChI=1S/C74H116N6O4S2/c1-7-9-11-13-15-17-19-21-23-25-27-29-31-33-35-37-55-79(3,4)57-41-51-75-67-49-47-65-69-61(67)43-39-45-63(69)71(81)77(73(65)83)53-59-85-86-60-54-78-72(82)64-46-40-44-62-68(50-48-66(70(62)64)74(78)84)76-52-42-58-80(5,6)56-38-36-34-32-30-28-26-24-22-20-18-16-14-12-10-8-2/h39-40,43-50H,7-38,41-42,51-60H2,1-6H3/p+2. The van der Waals surface area contributed by atoms with E-state index in [1.54, 1.807) is 21.6 Å². The molecule has 0 aliphatic carbocycles. The highest BCUT2D eigenvalue weighted by Crippen LogP contribution is 2.37. The van der Waals surface area contributed by atoms with Crippen LogP contribution in [0, 0.1) is 0 Å². The minimum Gasteiger partial charge on any atom is -0.384 e. The molecule has 2 aliphatic rings. The van der Waals surface area contributed by atoms with Gasteiger partial charge in [0.25, 0.3) is 23.6 Å². The highest BCUT2D eigenvalue weighted by Gasteiger charge is 2.35. The molecule has 2 N–H and O–H groups in total. The fourth-order valence-corrected chi connectivity index (χ4v) is 15.1. The van der Waals surface area contributed by atoms with Crippen molar-refractivity contribution >= 4 is 78.1 Å². The highest BCUT2D eigenvalue weighted by atomic mass is 33.1. The topological polar surface area (TPSA) is 98.8 Å². The van der Waals surface area contributed by atoms with Gasteiger partial charge in [0.2, 0.25) is 0 Å². The number of benzene rings is 4. The molecule has 0 spiro atoms. The maximum atomic E-state index is 13.9. The second-order valence-electron chi connectivity index (χ2n) is 26.9. The molecule has 0 bridgehead atoms.